The largest absolute Gasteiger partial charge is 0.493 e. The molecular weight excluding hydrogens is 653 g/mol. The topological polar surface area (TPSA) is 114 Å². The second-order valence-electron chi connectivity index (χ2n) is 12.4. The first-order valence-electron chi connectivity index (χ1n) is 16.3. The van der Waals surface area contributed by atoms with Gasteiger partial charge in [0.15, 0.2) is 4.80 Å². The number of esters is 2. The molecule has 6 rings (SSSR count). The second-order valence-corrected chi connectivity index (χ2v) is 13.4. The minimum absolute atomic E-state index is 0.237. The zero-order chi connectivity index (χ0) is 35.5. The molecule has 0 fully saturated rings. The molecule has 3 aromatic carbocycles. The highest BCUT2D eigenvalue weighted by atomic mass is 32.1. The maximum absolute atomic E-state index is 14.3. The van der Waals surface area contributed by atoms with Crippen LogP contribution in [-0.4, -0.2) is 47.1 Å². The summed E-state index contributed by atoms with van der Waals surface area (Å²) in [5.41, 5.74) is 5.46. The summed E-state index contributed by atoms with van der Waals surface area (Å²) in [6.45, 7) is 8.71. The number of para-hydroxylation sites is 1. The van der Waals surface area contributed by atoms with Crippen LogP contribution in [0.15, 0.2) is 100 Å². The molecule has 10 nitrogen and oxygen atoms in total. The lowest BCUT2D eigenvalue weighted by atomic mass is 9.95. The number of fused-ring (bicyclic) bond motifs is 1. The number of methoxy groups -OCH3 is 2. The number of thiazole rings is 1. The highest BCUT2D eigenvalue weighted by Crippen LogP contribution is 2.32. The average Bonchev–Trinajstić information content (AvgIpc) is 3.68. The zero-order valence-corrected chi connectivity index (χ0v) is 29.6. The molecule has 5 aromatic rings. The number of aryl methyl sites for hydroxylation is 1. The number of nitrogens with zero attached hydrogens (tertiary/aromatic N) is 4. The number of carbonyl (C=O) groups is 2. The molecule has 1 aliphatic rings. The van der Waals surface area contributed by atoms with Gasteiger partial charge in [-0.2, -0.15) is 5.10 Å². The molecule has 0 saturated heterocycles. The first-order valence-corrected chi connectivity index (χ1v) is 17.1. The third kappa shape index (κ3) is 6.81. The lowest BCUT2D eigenvalue weighted by molar-refractivity contribution is -0.136. The third-order valence-electron chi connectivity index (χ3n) is 8.53. The number of rotatable bonds is 10. The smallest absolute Gasteiger partial charge is 0.338 e. The van der Waals surface area contributed by atoms with Crippen molar-refractivity contribution >= 4 is 29.4 Å². The Hall–Kier alpha value is -5.55. The number of aromatic nitrogens is 3. The Balaban J connectivity index is 1.49. The van der Waals surface area contributed by atoms with Crippen molar-refractivity contribution in [3.63, 3.8) is 0 Å². The van der Waals surface area contributed by atoms with E-state index in [4.69, 9.17) is 19.3 Å². The predicted molar refractivity (Wildman–Crippen MR) is 192 cm³/mol. The summed E-state index contributed by atoms with van der Waals surface area (Å²) in [5, 5.41) is 4.97. The van der Waals surface area contributed by atoms with Crippen LogP contribution >= 0.6 is 11.3 Å². The number of carbonyl (C=O) groups excluding carboxylic acids is 2. The standard InChI is InChI=1S/C39H38N4O6S/c1-23(2)18-19-49-31-17-16-28(20-24(31)3)34-29(22-42(41-34)30-10-8-7-9-11-30)21-32-36(44)43-35(26-12-14-27(15-13-26)37(45)47-5)33(38(46)48-6)25(4)40-39(43)50-32/h7-17,20-23,35H,18-19H2,1-6H3/b32-21-. The van der Waals surface area contributed by atoms with Gasteiger partial charge in [0.05, 0.1) is 53.9 Å². The van der Waals surface area contributed by atoms with Crippen LogP contribution in [0.4, 0.5) is 0 Å². The third-order valence-corrected chi connectivity index (χ3v) is 9.51. The highest BCUT2D eigenvalue weighted by Gasteiger charge is 2.33. The maximum Gasteiger partial charge on any atom is 0.338 e. The van der Waals surface area contributed by atoms with Crippen molar-refractivity contribution in [1.82, 2.24) is 14.3 Å². The molecule has 0 saturated carbocycles. The van der Waals surface area contributed by atoms with E-state index in [0.29, 0.717) is 44.4 Å². The fourth-order valence-electron chi connectivity index (χ4n) is 5.86. The van der Waals surface area contributed by atoms with Gasteiger partial charge in [-0.25, -0.2) is 19.3 Å². The molecule has 0 spiro atoms. The molecule has 0 N–H and O–H groups in total. The Labute approximate surface area is 293 Å². The van der Waals surface area contributed by atoms with Crippen LogP contribution in [-0.2, 0) is 14.3 Å². The fourth-order valence-corrected chi connectivity index (χ4v) is 6.90. The average molecular weight is 691 g/mol. The van der Waals surface area contributed by atoms with E-state index < -0.39 is 18.0 Å². The van der Waals surface area contributed by atoms with Crippen LogP contribution in [0, 0.1) is 12.8 Å². The monoisotopic (exact) mass is 690 g/mol. The summed E-state index contributed by atoms with van der Waals surface area (Å²) in [6.07, 6.45) is 4.69. The van der Waals surface area contributed by atoms with Gasteiger partial charge in [-0.05, 0) is 85.9 Å². The number of ether oxygens (including phenoxy) is 3. The summed E-state index contributed by atoms with van der Waals surface area (Å²) in [7, 11) is 2.60. The van der Waals surface area contributed by atoms with Crippen molar-refractivity contribution in [3.8, 4) is 22.7 Å². The Morgan fingerprint density at radius 2 is 1.68 bits per heavy atom. The molecule has 1 unspecified atom stereocenters. The van der Waals surface area contributed by atoms with Gasteiger partial charge in [-0.15, -0.1) is 0 Å². The van der Waals surface area contributed by atoms with Crippen LogP contribution in [0.25, 0.3) is 23.0 Å². The van der Waals surface area contributed by atoms with Crippen LogP contribution < -0.4 is 19.6 Å². The van der Waals surface area contributed by atoms with Crippen molar-refractivity contribution in [1.29, 1.82) is 0 Å². The van der Waals surface area contributed by atoms with Crippen molar-refractivity contribution in [2.45, 2.75) is 40.2 Å². The summed E-state index contributed by atoms with van der Waals surface area (Å²) < 4.78 is 19.8. The molecule has 1 aliphatic heterocycles. The fraction of sp³-hybridized carbons (Fsp3) is 0.256. The Morgan fingerprint density at radius 1 is 0.960 bits per heavy atom. The number of allylic oxidation sites excluding steroid dienone is 1. The minimum Gasteiger partial charge on any atom is -0.493 e. The molecular formula is C39H38N4O6S. The van der Waals surface area contributed by atoms with Crippen molar-refractivity contribution in [3.05, 3.63) is 132 Å². The maximum atomic E-state index is 14.3. The van der Waals surface area contributed by atoms with E-state index in [1.165, 1.54) is 30.1 Å². The first-order chi connectivity index (χ1) is 24.1. The van der Waals surface area contributed by atoms with E-state index in [2.05, 4.69) is 18.8 Å². The van der Waals surface area contributed by atoms with Gasteiger partial charge in [0.25, 0.3) is 5.56 Å². The van der Waals surface area contributed by atoms with Crippen LogP contribution in [0.1, 0.15) is 60.3 Å². The molecule has 0 aliphatic carbocycles. The zero-order valence-electron chi connectivity index (χ0n) is 28.8. The molecule has 11 heteroatoms. The Bertz CT molecular complexity index is 2280. The van der Waals surface area contributed by atoms with Gasteiger partial charge in [0.2, 0.25) is 0 Å². The molecule has 0 radical (unpaired) electrons. The molecule has 256 valence electrons. The summed E-state index contributed by atoms with van der Waals surface area (Å²) in [6, 6.07) is 21.6. The first kappa shape index (κ1) is 34.3. The molecule has 0 amide bonds. The summed E-state index contributed by atoms with van der Waals surface area (Å²) in [5.74, 6) is 0.281. The summed E-state index contributed by atoms with van der Waals surface area (Å²) in [4.78, 5) is 44.7. The van der Waals surface area contributed by atoms with Gasteiger partial charge in [0.1, 0.15) is 11.4 Å². The molecule has 0 bridgehead atoms. The van der Waals surface area contributed by atoms with E-state index in [1.54, 1.807) is 35.9 Å². The van der Waals surface area contributed by atoms with E-state index in [0.717, 1.165) is 34.5 Å². The number of benzene rings is 3. The van der Waals surface area contributed by atoms with Gasteiger partial charge < -0.3 is 14.2 Å². The number of hydrogen-bond donors (Lipinski definition) is 0. The van der Waals surface area contributed by atoms with Crippen LogP contribution in [0.3, 0.4) is 0 Å². The van der Waals surface area contributed by atoms with Gasteiger partial charge in [-0.1, -0.05) is 55.5 Å². The SMILES string of the molecule is COC(=O)C1=C(C)N=c2s/c(=C\c3cn(-c4ccccc4)nc3-c3ccc(OCCC(C)C)c(C)c3)c(=O)n2C1c1ccc(C(=O)OC)cc1. The molecule has 3 heterocycles. The van der Waals surface area contributed by atoms with E-state index >= 15 is 0 Å². The van der Waals surface area contributed by atoms with Gasteiger partial charge in [0, 0.05) is 17.3 Å². The highest BCUT2D eigenvalue weighted by molar-refractivity contribution is 7.07. The summed E-state index contributed by atoms with van der Waals surface area (Å²) >= 11 is 1.23. The van der Waals surface area contributed by atoms with Crippen molar-refractivity contribution in [2.75, 3.05) is 20.8 Å². The molecule has 1 atom stereocenters. The van der Waals surface area contributed by atoms with Gasteiger partial charge in [-0.3, -0.25) is 9.36 Å². The molecule has 50 heavy (non-hydrogen) atoms. The van der Waals surface area contributed by atoms with E-state index in [9.17, 15) is 14.4 Å². The van der Waals surface area contributed by atoms with Gasteiger partial charge >= 0.3 is 11.9 Å². The quantitative estimate of drug-likeness (QED) is 0.171. The van der Waals surface area contributed by atoms with E-state index in [-0.39, 0.29) is 11.1 Å². The Morgan fingerprint density at radius 3 is 2.34 bits per heavy atom. The molecule has 2 aromatic heterocycles. The van der Waals surface area contributed by atoms with Crippen molar-refractivity contribution < 1.29 is 23.8 Å². The lowest BCUT2D eigenvalue weighted by Crippen LogP contribution is -2.39. The second kappa shape index (κ2) is 14.5. The predicted octanol–water partition coefficient (Wildman–Crippen LogP) is 5.78. The van der Waals surface area contributed by atoms with Crippen LogP contribution in [0.5, 0.6) is 5.75 Å². The van der Waals surface area contributed by atoms with E-state index in [1.807, 2.05) is 67.7 Å². The lowest BCUT2D eigenvalue weighted by Gasteiger charge is -2.24. The Kier molecular flexibility index (Phi) is 9.96. The van der Waals surface area contributed by atoms with Crippen molar-refractivity contribution in [2.24, 2.45) is 10.9 Å². The number of hydrogen-bond acceptors (Lipinski definition) is 9. The normalized spacial score (nSPS) is 14.4. The minimum atomic E-state index is -0.829. The van der Waals surface area contributed by atoms with Crippen LogP contribution in [0.2, 0.25) is 0 Å².